The van der Waals surface area contributed by atoms with Gasteiger partial charge in [-0.05, 0) is 20.8 Å². The van der Waals surface area contributed by atoms with Gasteiger partial charge in [0.15, 0.2) is 11.6 Å². The van der Waals surface area contributed by atoms with Crippen LogP contribution in [0.5, 0.6) is 0 Å². The van der Waals surface area contributed by atoms with Gasteiger partial charge in [0.25, 0.3) is 0 Å². The van der Waals surface area contributed by atoms with Crippen molar-refractivity contribution in [2.45, 2.75) is 152 Å². The molecule has 0 rings (SSSR count). The van der Waals surface area contributed by atoms with Gasteiger partial charge in [-0.1, -0.05) is 125 Å². The quantitative estimate of drug-likeness (QED) is 0.0640. The summed E-state index contributed by atoms with van der Waals surface area (Å²) in [6.45, 7) is 39.7. The number of aliphatic hydroxyl groups excluding tert-OH is 2. The molecule has 0 bridgehead atoms. The lowest BCUT2D eigenvalue weighted by Crippen LogP contribution is -2.17. The van der Waals surface area contributed by atoms with E-state index in [0.717, 1.165) is 33.5 Å². The maximum absolute atomic E-state index is 10.5. The summed E-state index contributed by atoms with van der Waals surface area (Å²) in [5.41, 5.74) is 0. The molecule has 0 radical (unpaired) electrons. The minimum atomic E-state index is -0.963. The second-order valence-electron chi connectivity index (χ2n) is 5.06. The molecule has 2 N–H and O–H groups in total. The van der Waals surface area contributed by atoms with Crippen molar-refractivity contribution >= 4 is 41.0 Å². The van der Waals surface area contributed by atoms with E-state index in [9.17, 15) is 33.6 Å². The Labute approximate surface area is 295 Å². The lowest BCUT2D eigenvalue weighted by Gasteiger charge is -1.93. The molecular weight excluding hydrogens is 624 g/mol. The number of ketones is 4. The van der Waals surface area contributed by atoms with Gasteiger partial charge in [-0.3, -0.25) is 19.2 Å². The largest absolute Gasteiger partial charge is 0.502 e. The first kappa shape index (κ1) is 79.5. The van der Waals surface area contributed by atoms with Gasteiger partial charge in [-0.25, -0.2) is 14.4 Å². The third kappa shape index (κ3) is 104. The molecule has 294 valence electrons. The van der Waals surface area contributed by atoms with Crippen LogP contribution in [0.25, 0.3) is 0 Å². The molecule has 0 heterocycles. The number of aliphatic hydroxyl groups is 2. The molecule has 0 aromatic carbocycles. The number of esters is 3. The van der Waals surface area contributed by atoms with Crippen LogP contribution < -0.4 is 0 Å². The summed E-state index contributed by atoms with van der Waals surface area (Å²) in [5.74, 6) is -6.05. The van der Waals surface area contributed by atoms with Gasteiger partial charge in [0.2, 0.25) is 17.3 Å². The smallest absolute Gasteiger partial charge is 0.374 e. The molecule has 0 aliphatic rings. The number of rotatable bonds is 7. The summed E-state index contributed by atoms with van der Waals surface area (Å²) < 4.78 is 12.3. The Balaban J connectivity index is -0.0000000326. The molecule has 0 spiro atoms. The Hall–Kier alpha value is -3.83. The minimum absolute atomic E-state index is 0.338. The van der Waals surface area contributed by atoms with Crippen molar-refractivity contribution < 1.29 is 58.0 Å². The van der Waals surface area contributed by atoms with E-state index in [-0.39, 0.29) is 12.2 Å². The Bertz CT molecular complexity index is 695. The van der Waals surface area contributed by atoms with Crippen molar-refractivity contribution in [2.75, 3.05) is 21.3 Å². The topological polar surface area (TPSA) is 188 Å². The van der Waals surface area contributed by atoms with E-state index in [2.05, 4.69) is 14.2 Å². The van der Waals surface area contributed by atoms with E-state index in [0.29, 0.717) is 0 Å². The Morgan fingerprint density at radius 3 is 0.729 bits per heavy atom. The number of Topliss-reactive ketones (excluding diaryl/α,β-unsaturated/α-hetero) is 2. The van der Waals surface area contributed by atoms with Crippen LogP contribution in [0.2, 0.25) is 0 Å². The van der Waals surface area contributed by atoms with Crippen LogP contribution in [0.3, 0.4) is 0 Å². The molecule has 0 aromatic rings. The van der Waals surface area contributed by atoms with Crippen molar-refractivity contribution in [3.63, 3.8) is 0 Å². The van der Waals surface area contributed by atoms with Crippen LogP contribution in [0, 0.1) is 0 Å². The van der Waals surface area contributed by atoms with Crippen molar-refractivity contribution in [1.29, 1.82) is 0 Å². The molecule has 0 atom stereocenters. The van der Waals surface area contributed by atoms with Crippen molar-refractivity contribution in [1.82, 2.24) is 0 Å². The van der Waals surface area contributed by atoms with Crippen molar-refractivity contribution in [3.8, 4) is 0 Å². The van der Waals surface area contributed by atoms with Crippen LogP contribution >= 0.6 is 0 Å². The maximum atomic E-state index is 10.5. The number of allylic oxidation sites excluding steroid dienone is 2. The molecule has 0 amide bonds. The van der Waals surface area contributed by atoms with Crippen LogP contribution in [0.15, 0.2) is 23.7 Å². The fourth-order valence-corrected chi connectivity index (χ4v) is 1.12. The SMILES string of the molecule is CC.CC.CC.CC.CC.CC.CC.CC.CC.COC(=O)/C(O)=C/C(C)=O.COC(=O)C(=O)CC(C)=O.COC(=O)C(O)=CC(C)=O. The molecule has 0 aliphatic carbocycles. The van der Waals surface area contributed by atoms with E-state index < -0.39 is 46.8 Å². The van der Waals surface area contributed by atoms with Crippen molar-refractivity contribution in [3.05, 3.63) is 23.7 Å². The zero-order valence-corrected chi connectivity index (χ0v) is 35.3. The van der Waals surface area contributed by atoms with E-state index in [4.69, 9.17) is 10.2 Å². The van der Waals surface area contributed by atoms with Gasteiger partial charge in [-0.2, -0.15) is 0 Å². The van der Waals surface area contributed by atoms with Gasteiger partial charge < -0.3 is 24.4 Å². The highest BCUT2D eigenvalue weighted by atomic mass is 16.5. The molecule has 0 saturated carbocycles. The highest BCUT2D eigenvalue weighted by Gasteiger charge is 2.15. The molecule has 12 nitrogen and oxygen atoms in total. The van der Waals surface area contributed by atoms with Gasteiger partial charge >= 0.3 is 17.9 Å². The first-order valence-corrected chi connectivity index (χ1v) is 16.8. The molecule has 12 heteroatoms. The number of methoxy groups -OCH3 is 3. The van der Waals surface area contributed by atoms with Crippen LogP contribution in [-0.2, 0) is 47.8 Å². The number of carbonyl (C=O) groups excluding carboxylic acids is 7. The Kier molecular flexibility index (Phi) is 150. The molecule has 0 unspecified atom stereocenters. The lowest BCUT2D eigenvalue weighted by molar-refractivity contribution is -0.152. The van der Waals surface area contributed by atoms with E-state index in [1.54, 1.807) is 0 Å². The average Bonchev–Trinajstić information content (AvgIpc) is 3.14. The lowest BCUT2D eigenvalue weighted by atomic mass is 10.2. The summed E-state index contributed by atoms with van der Waals surface area (Å²) in [5, 5.41) is 17.3. The third-order valence-electron chi connectivity index (χ3n) is 2.29. The minimum Gasteiger partial charge on any atom is -0.502 e. The van der Waals surface area contributed by atoms with Crippen LogP contribution in [0.4, 0.5) is 0 Å². The predicted molar refractivity (Wildman–Crippen MR) is 201 cm³/mol. The summed E-state index contributed by atoms with van der Waals surface area (Å²) in [6.07, 6.45) is 1.23. The van der Waals surface area contributed by atoms with E-state index in [1.807, 2.05) is 125 Å². The standard InChI is InChI=1S/3C6H8O4.9C2H6/c3*1-4(7)3-5(8)6(9)10-2;9*1-2/h3H2,1-2H3;2*3,8H,1-2H3;9*1-2H3/b;5-3-;;;;;;;;;;. The first-order valence-electron chi connectivity index (χ1n) is 16.8. The molecular formula is C36H78O12. The summed E-state index contributed by atoms with van der Waals surface area (Å²) in [7, 11) is 3.33. The van der Waals surface area contributed by atoms with Crippen molar-refractivity contribution in [2.24, 2.45) is 0 Å². The number of hydrogen-bond acceptors (Lipinski definition) is 12. The zero-order chi connectivity index (χ0) is 42.4. The molecule has 0 aliphatic heterocycles. The van der Waals surface area contributed by atoms with Gasteiger partial charge in [0.1, 0.15) is 5.78 Å². The summed E-state index contributed by atoms with van der Waals surface area (Å²) in [6, 6.07) is 0. The normalized spacial score (nSPS) is 7.42. The van der Waals surface area contributed by atoms with Gasteiger partial charge in [0.05, 0.1) is 27.8 Å². The van der Waals surface area contributed by atoms with E-state index >= 15 is 0 Å². The Morgan fingerprint density at radius 1 is 0.417 bits per heavy atom. The number of ether oxygens (including phenoxy) is 3. The molecule has 48 heavy (non-hydrogen) atoms. The number of hydrogen-bond donors (Lipinski definition) is 2. The number of carbonyl (C=O) groups is 7. The monoisotopic (exact) mass is 703 g/mol. The average molecular weight is 703 g/mol. The molecule has 0 fully saturated rings. The highest BCUT2D eigenvalue weighted by molar-refractivity contribution is 6.36. The fourth-order valence-electron chi connectivity index (χ4n) is 1.12. The fraction of sp³-hybridized carbons (Fsp3) is 0.694. The second-order valence-corrected chi connectivity index (χ2v) is 5.06. The van der Waals surface area contributed by atoms with Crippen LogP contribution in [-0.4, -0.2) is 72.6 Å². The molecule has 0 aromatic heterocycles. The second kappa shape index (κ2) is 90.2. The van der Waals surface area contributed by atoms with E-state index in [1.165, 1.54) is 20.8 Å². The Morgan fingerprint density at radius 2 is 0.604 bits per heavy atom. The molecule has 0 saturated heterocycles. The summed E-state index contributed by atoms with van der Waals surface area (Å²) in [4.78, 5) is 72.2. The first-order chi connectivity index (χ1) is 22.7. The summed E-state index contributed by atoms with van der Waals surface area (Å²) >= 11 is 0. The predicted octanol–water partition coefficient (Wildman–Crippen LogP) is 9.32. The zero-order valence-electron chi connectivity index (χ0n) is 35.3. The van der Waals surface area contributed by atoms with Gasteiger partial charge in [0, 0.05) is 12.2 Å². The van der Waals surface area contributed by atoms with Crippen LogP contribution in [0.1, 0.15) is 152 Å². The van der Waals surface area contributed by atoms with Gasteiger partial charge in [-0.15, -0.1) is 0 Å². The third-order valence-corrected chi connectivity index (χ3v) is 2.29. The highest BCUT2D eigenvalue weighted by Crippen LogP contribution is 1.91. The maximum Gasteiger partial charge on any atom is 0.374 e.